The van der Waals surface area contributed by atoms with Crippen molar-refractivity contribution < 1.29 is 24.1 Å². The van der Waals surface area contributed by atoms with Crippen LogP contribution in [0, 0.1) is 5.82 Å². The van der Waals surface area contributed by atoms with E-state index in [1.54, 1.807) is 6.07 Å². The van der Waals surface area contributed by atoms with E-state index in [0.717, 1.165) is 0 Å². The lowest BCUT2D eigenvalue weighted by molar-refractivity contribution is -0.129. The Kier molecular flexibility index (Phi) is 4.01. The third-order valence-electron chi connectivity index (χ3n) is 3.18. The average molecular weight is 269 g/mol. The number of carbonyl (C=O) groups is 1. The number of hydrogen-bond donors (Lipinski definition) is 2. The van der Waals surface area contributed by atoms with Crippen LogP contribution in [-0.4, -0.2) is 53.4 Å². The number of carbonyl (C=O) groups excluding carboxylic acids is 1. The van der Waals surface area contributed by atoms with E-state index in [-0.39, 0.29) is 31.2 Å². The number of ether oxygens (including phenoxy) is 1. The Morgan fingerprint density at radius 1 is 1.42 bits per heavy atom. The maximum Gasteiger partial charge on any atom is 0.227 e. The Labute approximate surface area is 110 Å². The number of rotatable bonds is 3. The number of aliphatic hydroxyl groups is 2. The standard InChI is InChI=1S/C13H16FNO4/c1-19-12-3-2-8(4-9(12)14)5-13(18)15-6-10(16)11(17)7-15/h2-4,10-11,16-17H,5-7H2,1H3/t10-,11+. The fourth-order valence-corrected chi connectivity index (χ4v) is 2.08. The van der Waals surface area contributed by atoms with Crippen LogP contribution in [0.3, 0.4) is 0 Å². The van der Waals surface area contributed by atoms with Gasteiger partial charge in [0.1, 0.15) is 0 Å². The van der Waals surface area contributed by atoms with E-state index in [1.807, 2.05) is 0 Å². The molecular weight excluding hydrogens is 253 g/mol. The second-order valence-corrected chi connectivity index (χ2v) is 4.58. The third-order valence-corrected chi connectivity index (χ3v) is 3.18. The zero-order valence-corrected chi connectivity index (χ0v) is 10.5. The minimum absolute atomic E-state index is 0.0281. The number of methoxy groups -OCH3 is 1. The minimum atomic E-state index is -0.906. The van der Waals surface area contributed by atoms with Crippen LogP contribution in [0.2, 0.25) is 0 Å². The molecule has 0 bridgehead atoms. The molecule has 1 aliphatic heterocycles. The summed E-state index contributed by atoms with van der Waals surface area (Å²) in [6.07, 6.45) is -1.78. The van der Waals surface area contributed by atoms with Crippen LogP contribution in [0.5, 0.6) is 5.75 Å². The Morgan fingerprint density at radius 3 is 2.58 bits per heavy atom. The number of likely N-dealkylation sites (tertiary alicyclic amines) is 1. The predicted octanol–water partition coefficient (Wildman–Crippen LogP) is -0.0592. The molecular formula is C13H16FNO4. The highest BCUT2D eigenvalue weighted by molar-refractivity contribution is 5.79. The number of β-amino-alcohol motifs (C(OH)–C–C–N with tert-alkyl or cyclic N) is 2. The average Bonchev–Trinajstić information content (AvgIpc) is 2.70. The van der Waals surface area contributed by atoms with Crippen molar-refractivity contribution in [2.45, 2.75) is 18.6 Å². The summed E-state index contributed by atoms with van der Waals surface area (Å²) in [4.78, 5) is 13.3. The number of amides is 1. The van der Waals surface area contributed by atoms with E-state index in [1.165, 1.54) is 24.1 Å². The van der Waals surface area contributed by atoms with Crippen molar-refractivity contribution in [3.8, 4) is 5.75 Å². The first-order valence-electron chi connectivity index (χ1n) is 5.97. The van der Waals surface area contributed by atoms with E-state index in [4.69, 9.17) is 4.74 Å². The van der Waals surface area contributed by atoms with Gasteiger partial charge in [-0.1, -0.05) is 6.07 Å². The molecule has 1 saturated heterocycles. The van der Waals surface area contributed by atoms with E-state index in [0.29, 0.717) is 5.56 Å². The van der Waals surface area contributed by atoms with Crippen LogP contribution >= 0.6 is 0 Å². The van der Waals surface area contributed by atoms with Gasteiger partial charge in [-0.25, -0.2) is 4.39 Å². The summed E-state index contributed by atoms with van der Waals surface area (Å²) >= 11 is 0. The second-order valence-electron chi connectivity index (χ2n) is 4.58. The molecule has 0 spiro atoms. The van der Waals surface area contributed by atoms with Gasteiger partial charge in [-0.3, -0.25) is 4.79 Å². The van der Waals surface area contributed by atoms with Crippen molar-refractivity contribution in [2.75, 3.05) is 20.2 Å². The molecule has 1 amide bonds. The van der Waals surface area contributed by atoms with Gasteiger partial charge in [-0.15, -0.1) is 0 Å². The molecule has 104 valence electrons. The largest absolute Gasteiger partial charge is 0.494 e. The van der Waals surface area contributed by atoms with Gasteiger partial charge in [-0.05, 0) is 17.7 Å². The van der Waals surface area contributed by atoms with Gasteiger partial charge < -0.3 is 19.8 Å². The van der Waals surface area contributed by atoms with Gasteiger partial charge in [0, 0.05) is 13.1 Å². The molecule has 0 aliphatic carbocycles. The molecule has 2 rings (SSSR count). The zero-order chi connectivity index (χ0) is 14.0. The highest BCUT2D eigenvalue weighted by Crippen LogP contribution is 2.19. The summed E-state index contributed by atoms with van der Waals surface area (Å²) < 4.78 is 18.3. The molecule has 19 heavy (non-hydrogen) atoms. The molecule has 1 heterocycles. The molecule has 0 unspecified atom stereocenters. The molecule has 0 saturated carbocycles. The van der Waals surface area contributed by atoms with Crippen LogP contribution in [0.1, 0.15) is 5.56 Å². The summed E-state index contributed by atoms with van der Waals surface area (Å²) in [5, 5.41) is 18.8. The fourth-order valence-electron chi connectivity index (χ4n) is 2.08. The molecule has 5 nitrogen and oxygen atoms in total. The number of nitrogens with zero attached hydrogens (tertiary/aromatic N) is 1. The van der Waals surface area contributed by atoms with E-state index in [9.17, 15) is 19.4 Å². The maximum atomic E-state index is 13.5. The highest BCUT2D eigenvalue weighted by atomic mass is 19.1. The van der Waals surface area contributed by atoms with Crippen LogP contribution in [0.4, 0.5) is 4.39 Å². The maximum absolute atomic E-state index is 13.5. The summed E-state index contributed by atoms with van der Waals surface area (Å²) in [6, 6.07) is 4.33. The van der Waals surface area contributed by atoms with Crippen LogP contribution in [0.25, 0.3) is 0 Å². The van der Waals surface area contributed by atoms with Crippen LogP contribution in [-0.2, 0) is 11.2 Å². The minimum Gasteiger partial charge on any atom is -0.494 e. The van der Waals surface area contributed by atoms with Gasteiger partial charge in [0.05, 0.1) is 25.7 Å². The molecule has 0 radical (unpaired) electrons. The first-order chi connectivity index (χ1) is 9.01. The Balaban J connectivity index is 2.01. The number of hydrogen-bond acceptors (Lipinski definition) is 4. The number of halogens is 1. The van der Waals surface area contributed by atoms with E-state index < -0.39 is 18.0 Å². The first kappa shape index (κ1) is 13.8. The lowest BCUT2D eigenvalue weighted by Gasteiger charge is -2.15. The summed E-state index contributed by atoms with van der Waals surface area (Å²) in [6.45, 7) is 0.220. The summed E-state index contributed by atoms with van der Waals surface area (Å²) in [5.41, 5.74) is 0.527. The van der Waals surface area contributed by atoms with Crippen molar-refractivity contribution in [1.82, 2.24) is 4.90 Å². The molecule has 1 aliphatic rings. The third kappa shape index (κ3) is 3.02. The smallest absolute Gasteiger partial charge is 0.227 e. The topological polar surface area (TPSA) is 70.0 Å². The predicted molar refractivity (Wildman–Crippen MR) is 65.2 cm³/mol. The second kappa shape index (κ2) is 5.54. The van der Waals surface area contributed by atoms with Crippen molar-refractivity contribution in [1.29, 1.82) is 0 Å². The molecule has 2 N–H and O–H groups in total. The molecule has 1 aromatic carbocycles. The Morgan fingerprint density at radius 2 is 2.05 bits per heavy atom. The van der Waals surface area contributed by atoms with Gasteiger partial charge >= 0.3 is 0 Å². The van der Waals surface area contributed by atoms with Gasteiger partial charge in [0.25, 0.3) is 0 Å². The van der Waals surface area contributed by atoms with E-state index >= 15 is 0 Å². The number of benzene rings is 1. The Hall–Kier alpha value is -1.66. The normalized spacial score (nSPS) is 22.6. The lowest BCUT2D eigenvalue weighted by Crippen LogP contribution is -2.31. The summed E-state index contributed by atoms with van der Waals surface area (Å²) in [5.74, 6) is -0.641. The van der Waals surface area contributed by atoms with Crippen molar-refractivity contribution in [2.24, 2.45) is 0 Å². The van der Waals surface area contributed by atoms with Gasteiger partial charge in [0.2, 0.25) is 5.91 Å². The molecule has 6 heteroatoms. The first-order valence-corrected chi connectivity index (χ1v) is 5.97. The molecule has 1 fully saturated rings. The quantitative estimate of drug-likeness (QED) is 0.806. The monoisotopic (exact) mass is 269 g/mol. The van der Waals surface area contributed by atoms with Crippen LogP contribution in [0.15, 0.2) is 18.2 Å². The summed E-state index contributed by atoms with van der Waals surface area (Å²) in [7, 11) is 1.37. The van der Waals surface area contributed by atoms with Gasteiger partial charge in [0.15, 0.2) is 11.6 Å². The SMILES string of the molecule is COc1ccc(CC(=O)N2C[C@@H](O)[C@@H](O)C2)cc1F. The Bertz CT molecular complexity index is 470. The van der Waals surface area contributed by atoms with Gasteiger partial charge in [-0.2, -0.15) is 0 Å². The van der Waals surface area contributed by atoms with Crippen molar-refractivity contribution >= 4 is 5.91 Å². The van der Waals surface area contributed by atoms with Crippen LogP contribution < -0.4 is 4.74 Å². The number of aliphatic hydroxyl groups excluding tert-OH is 2. The fraction of sp³-hybridized carbons (Fsp3) is 0.462. The molecule has 0 aromatic heterocycles. The highest BCUT2D eigenvalue weighted by Gasteiger charge is 2.32. The zero-order valence-electron chi connectivity index (χ0n) is 10.5. The molecule has 1 aromatic rings. The molecule has 2 atom stereocenters. The van der Waals surface area contributed by atoms with Crippen molar-refractivity contribution in [3.63, 3.8) is 0 Å². The van der Waals surface area contributed by atoms with Crippen molar-refractivity contribution in [3.05, 3.63) is 29.6 Å². The van der Waals surface area contributed by atoms with E-state index in [2.05, 4.69) is 0 Å². The lowest BCUT2D eigenvalue weighted by atomic mass is 10.1.